The summed E-state index contributed by atoms with van der Waals surface area (Å²) in [5, 5.41) is 6.42. The second-order valence-corrected chi connectivity index (χ2v) is 6.26. The van der Waals surface area contributed by atoms with Crippen LogP contribution in [0.3, 0.4) is 0 Å². The summed E-state index contributed by atoms with van der Waals surface area (Å²) in [5.74, 6) is 1.64. The molecule has 0 spiro atoms. The summed E-state index contributed by atoms with van der Waals surface area (Å²) in [6.07, 6.45) is 4.17. The van der Waals surface area contributed by atoms with Crippen molar-refractivity contribution < 1.29 is 9.21 Å². The van der Waals surface area contributed by atoms with Gasteiger partial charge in [-0.3, -0.25) is 9.69 Å². The predicted molar refractivity (Wildman–Crippen MR) is 80.8 cm³/mol. The molecule has 21 heavy (non-hydrogen) atoms. The number of nitrogens with one attached hydrogen (secondary N) is 2. The van der Waals surface area contributed by atoms with Crippen molar-refractivity contribution in [2.45, 2.75) is 25.8 Å². The van der Waals surface area contributed by atoms with E-state index in [1.54, 1.807) is 6.26 Å². The summed E-state index contributed by atoms with van der Waals surface area (Å²) < 4.78 is 5.58. The Morgan fingerprint density at radius 1 is 1.48 bits per heavy atom. The number of furan rings is 1. The van der Waals surface area contributed by atoms with Crippen molar-refractivity contribution in [3.63, 3.8) is 0 Å². The third kappa shape index (κ3) is 3.30. The van der Waals surface area contributed by atoms with Gasteiger partial charge in [0.15, 0.2) is 0 Å². The van der Waals surface area contributed by atoms with Gasteiger partial charge >= 0.3 is 0 Å². The second kappa shape index (κ2) is 6.62. The highest BCUT2D eigenvalue weighted by Gasteiger charge is 2.31. The first kappa shape index (κ1) is 14.6. The number of carbonyl (C=O) groups is 1. The fraction of sp³-hybridized carbons (Fsp3) is 0.688. The first-order chi connectivity index (χ1) is 10.3. The third-order valence-corrected chi connectivity index (χ3v) is 4.78. The molecule has 2 saturated heterocycles. The van der Waals surface area contributed by atoms with E-state index in [0.29, 0.717) is 12.5 Å². The van der Waals surface area contributed by atoms with Gasteiger partial charge in [0, 0.05) is 13.1 Å². The van der Waals surface area contributed by atoms with Crippen LogP contribution in [-0.4, -0.2) is 43.5 Å². The summed E-state index contributed by atoms with van der Waals surface area (Å²) in [7, 11) is 0. The van der Waals surface area contributed by atoms with Crippen molar-refractivity contribution in [1.82, 2.24) is 15.5 Å². The van der Waals surface area contributed by atoms with Crippen LogP contribution in [0.4, 0.5) is 0 Å². The van der Waals surface area contributed by atoms with Gasteiger partial charge in [0.25, 0.3) is 0 Å². The number of hydrogen-bond donors (Lipinski definition) is 2. The van der Waals surface area contributed by atoms with Crippen LogP contribution in [0.15, 0.2) is 22.8 Å². The smallest absolute Gasteiger partial charge is 0.224 e. The van der Waals surface area contributed by atoms with Crippen LogP contribution in [0, 0.1) is 11.8 Å². The molecule has 2 N–H and O–H groups in total. The maximum absolute atomic E-state index is 12.3. The molecule has 2 fully saturated rings. The molecule has 1 aromatic heterocycles. The monoisotopic (exact) mass is 291 g/mol. The summed E-state index contributed by atoms with van der Waals surface area (Å²) in [4.78, 5) is 14.8. The Morgan fingerprint density at radius 2 is 2.29 bits per heavy atom. The van der Waals surface area contributed by atoms with Crippen LogP contribution in [0.25, 0.3) is 0 Å². The van der Waals surface area contributed by atoms with Gasteiger partial charge in [-0.2, -0.15) is 0 Å². The van der Waals surface area contributed by atoms with Crippen molar-refractivity contribution in [1.29, 1.82) is 0 Å². The van der Waals surface area contributed by atoms with E-state index < -0.39 is 0 Å². The van der Waals surface area contributed by atoms with Gasteiger partial charge in [-0.1, -0.05) is 6.92 Å². The van der Waals surface area contributed by atoms with E-state index in [1.807, 2.05) is 12.1 Å². The number of likely N-dealkylation sites (tertiary alicyclic amines) is 1. The highest BCUT2D eigenvalue weighted by atomic mass is 16.3. The molecule has 3 atom stereocenters. The van der Waals surface area contributed by atoms with Crippen molar-refractivity contribution in [3.05, 3.63) is 24.2 Å². The van der Waals surface area contributed by atoms with Gasteiger partial charge in [0.2, 0.25) is 5.91 Å². The second-order valence-electron chi connectivity index (χ2n) is 6.26. The molecule has 3 rings (SSSR count). The average molecular weight is 291 g/mol. The van der Waals surface area contributed by atoms with E-state index >= 15 is 0 Å². The molecule has 0 aliphatic carbocycles. The molecule has 1 unspecified atom stereocenters. The zero-order valence-electron chi connectivity index (χ0n) is 12.7. The van der Waals surface area contributed by atoms with Crippen molar-refractivity contribution in [3.8, 4) is 0 Å². The molecule has 3 heterocycles. The van der Waals surface area contributed by atoms with Crippen LogP contribution in [0.2, 0.25) is 0 Å². The molecule has 116 valence electrons. The standard InChI is InChI=1S/C16H25N3O2/c1-12-9-17-10-13(12)16(20)18-11-14(15-5-4-8-21-15)19-6-2-3-7-19/h4-5,8,12-14,17H,2-3,6-7,9-11H2,1H3,(H,18,20)/t12-,13-,14?/m1/s1. The Kier molecular flexibility index (Phi) is 4.60. The zero-order valence-corrected chi connectivity index (χ0v) is 12.7. The zero-order chi connectivity index (χ0) is 14.7. The van der Waals surface area contributed by atoms with Gasteiger partial charge in [0.05, 0.1) is 18.2 Å². The molecule has 5 nitrogen and oxygen atoms in total. The third-order valence-electron chi connectivity index (χ3n) is 4.78. The van der Waals surface area contributed by atoms with Gasteiger partial charge in [-0.25, -0.2) is 0 Å². The topological polar surface area (TPSA) is 57.5 Å². The lowest BCUT2D eigenvalue weighted by Crippen LogP contribution is -2.40. The van der Waals surface area contributed by atoms with Gasteiger partial charge < -0.3 is 15.1 Å². The van der Waals surface area contributed by atoms with E-state index in [0.717, 1.165) is 31.9 Å². The number of nitrogens with zero attached hydrogens (tertiary/aromatic N) is 1. The Hall–Kier alpha value is -1.33. The number of rotatable bonds is 5. The molecule has 0 saturated carbocycles. The van der Waals surface area contributed by atoms with E-state index in [-0.39, 0.29) is 17.9 Å². The van der Waals surface area contributed by atoms with Crippen LogP contribution in [-0.2, 0) is 4.79 Å². The lowest BCUT2D eigenvalue weighted by molar-refractivity contribution is -0.125. The first-order valence-corrected chi connectivity index (χ1v) is 8.01. The fourth-order valence-electron chi connectivity index (χ4n) is 3.43. The highest BCUT2D eigenvalue weighted by molar-refractivity contribution is 5.79. The quantitative estimate of drug-likeness (QED) is 0.861. The molecule has 1 aromatic rings. The maximum Gasteiger partial charge on any atom is 0.224 e. The Morgan fingerprint density at radius 3 is 2.90 bits per heavy atom. The lowest BCUT2D eigenvalue weighted by atomic mass is 9.97. The van der Waals surface area contributed by atoms with Gasteiger partial charge in [-0.15, -0.1) is 0 Å². The van der Waals surface area contributed by atoms with E-state index in [2.05, 4.69) is 22.5 Å². The van der Waals surface area contributed by atoms with Crippen molar-refractivity contribution in [2.75, 3.05) is 32.7 Å². The van der Waals surface area contributed by atoms with Crippen LogP contribution in [0.1, 0.15) is 31.6 Å². The number of amides is 1. The van der Waals surface area contributed by atoms with Gasteiger partial charge in [0.1, 0.15) is 5.76 Å². The van der Waals surface area contributed by atoms with E-state index in [4.69, 9.17) is 4.42 Å². The Bertz CT molecular complexity index is 454. The highest BCUT2D eigenvalue weighted by Crippen LogP contribution is 2.25. The summed E-state index contributed by atoms with van der Waals surface area (Å²) in [6, 6.07) is 4.09. The fourth-order valence-corrected chi connectivity index (χ4v) is 3.43. The summed E-state index contributed by atoms with van der Waals surface area (Å²) in [5.41, 5.74) is 0. The van der Waals surface area contributed by atoms with Gasteiger partial charge in [-0.05, 0) is 50.5 Å². The van der Waals surface area contributed by atoms with Crippen molar-refractivity contribution in [2.24, 2.45) is 11.8 Å². The molecule has 2 aliphatic heterocycles. The van der Waals surface area contributed by atoms with E-state index in [9.17, 15) is 4.79 Å². The van der Waals surface area contributed by atoms with E-state index in [1.165, 1.54) is 12.8 Å². The largest absolute Gasteiger partial charge is 0.468 e. The van der Waals surface area contributed by atoms with Crippen LogP contribution < -0.4 is 10.6 Å². The Labute approximate surface area is 126 Å². The molecular weight excluding hydrogens is 266 g/mol. The normalized spacial score (nSPS) is 27.9. The maximum atomic E-state index is 12.3. The molecule has 0 bridgehead atoms. The molecule has 1 amide bonds. The molecule has 0 aromatic carbocycles. The SMILES string of the molecule is C[C@@H]1CNC[C@H]1C(=O)NCC(c1ccco1)N1CCCC1. The van der Waals surface area contributed by atoms with Crippen LogP contribution in [0.5, 0.6) is 0 Å². The molecule has 2 aliphatic rings. The predicted octanol–water partition coefficient (Wildman–Crippen LogP) is 1.39. The number of hydrogen-bond acceptors (Lipinski definition) is 4. The molecule has 0 radical (unpaired) electrons. The first-order valence-electron chi connectivity index (χ1n) is 8.01. The number of carbonyl (C=O) groups excluding carboxylic acids is 1. The minimum absolute atomic E-state index is 0.0980. The van der Waals surface area contributed by atoms with Crippen molar-refractivity contribution >= 4 is 5.91 Å². The summed E-state index contributed by atoms with van der Waals surface area (Å²) in [6.45, 7) is 6.67. The lowest BCUT2D eigenvalue weighted by Gasteiger charge is -2.26. The molecular formula is C16H25N3O2. The van der Waals surface area contributed by atoms with Crippen LogP contribution >= 0.6 is 0 Å². The Balaban J connectivity index is 1.60. The molecule has 5 heteroatoms. The summed E-state index contributed by atoms with van der Waals surface area (Å²) >= 11 is 0. The average Bonchev–Trinajstić information content (AvgIpc) is 3.21. The minimum Gasteiger partial charge on any atom is -0.468 e. The minimum atomic E-state index is 0.0980.